The number of thioether (sulfide) groups is 2. The summed E-state index contributed by atoms with van der Waals surface area (Å²) in [6.07, 6.45) is -4.01. The highest BCUT2D eigenvalue weighted by molar-refractivity contribution is 8.00. The van der Waals surface area contributed by atoms with Gasteiger partial charge < -0.3 is 10.1 Å². The number of aryl methyl sites for hydroxylation is 1. The van der Waals surface area contributed by atoms with Gasteiger partial charge in [0.25, 0.3) is 5.56 Å². The topological polar surface area (TPSA) is 90.3 Å². The molecule has 0 atom stereocenters. The molecule has 0 fully saturated rings. The average molecular weight is 522 g/mol. The van der Waals surface area contributed by atoms with Crippen molar-refractivity contribution in [1.82, 2.24) is 9.55 Å². The Bertz CT molecular complexity index is 1340. The molecule has 1 aromatic heterocycles. The normalized spacial score (nSPS) is 12.8. The molecule has 7 nitrogen and oxygen atoms in total. The minimum Gasteiger partial charge on any atom is -0.465 e. The van der Waals surface area contributed by atoms with E-state index < -0.39 is 29.2 Å². The third-order valence-corrected chi connectivity index (χ3v) is 7.07. The largest absolute Gasteiger partial charge is 0.465 e. The summed E-state index contributed by atoms with van der Waals surface area (Å²) in [6.45, 7) is 0. The van der Waals surface area contributed by atoms with E-state index in [4.69, 9.17) is 0 Å². The molecular formula is C23H18F3N3O4S2. The van der Waals surface area contributed by atoms with Gasteiger partial charge in [0.1, 0.15) is 0 Å². The molecule has 0 radical (unpaired) electrons. The predicted octanol–water partition coefficient (Wildman–Crippen LogP) is 4.42. The lowest BCUT2D eigenvalue weighted by atomic mass is 10.2. The van der Waals surface area contributed by atoms with Crippen molar-refractivity contribution in [2.45, 2.75) is 22.6 Å². The lowest BCUT2D eigenvalue weighted by Crippen LogP contribution is -2.25. The molecule has 0 aliphatic carbocycles. The summed E-state index contributed by atoms with van der Waals surface area (Å²) in [5, 5.41) is 2.80. The van der Waals surface area contributed by atoms with Gasteiger partial charge in [-0.3, -0.25) is 14.2 Å². The van der Waals surface area contributed by atoms with E-state index in [9.17, 15) is 27.6 Å². The van der Waals surface area contributed by atoms with Crippen molar-refractivity contribution in [3.05, 3.63) is 75.7 Å². The molecule has 0 saturated carbocycles. The predicted molar refractivity (Wildman–Crippen MR) is 126 cm³/mol. The van der Waals surface area contributed by atoms with E-state index >= 15 is 0 Å². The number of carbonyl (C=O) groups excluding carboxylic acids is 2. The number of alkyl halides is 3. The smallest absolute Gasteiger partial charge is 0.416 e. The van der Waals surface area contributed by atoms with Crippen molar-refractivity contribution >= 4 is 41.1 Å². The van der Waals surface area contributed by atoms with Gasteiger partial charge in [0.2, 0.25) is 5.91 Å². The van der Waals surface area contributed by atoms with Crippen LogP contribution in [0.25, 0.3) is 5.69 Å². The number of fused-ring (bicyclic) bond motifs is 1. The zero-order chi connectivity index (χ0) is 25.2. The number of ether oxygens (including phenoxy) is 1. The molecule has 2 heterocycles. The Hall–Kier alpha value is -3.25. The molecule has 2 aromatic carbocycles. The number of nitrogens with one attached hydrogen (secondary N) is 1. The number of halogens is 3. The van der Waals surface area contributed by atoms with Gasteiger partial charge in [-0.15, -0.1) is 11.8 Å². The van der Waals surface area contributed by atoms with Crippen LogP contribution in [0.4, 0.5) is 18.9 Å². The molecule has 35 heavy (non-hydrogen) atoms. The maximum Gasteiger partial charge on any atom is 0.416 e. The molecule has 3 aromatic rings. The van der Waals surface area contributed by atoms with Crippen molar-refractivity contribution in [3.63, 3.8) is 0 Å². The number of hydrogen-bond donors (Lipinski definition) is 1. The zero-order valence-corrected chi connectivity index (χ0v) is 19.9. The molecule has 0 bridgehead atoms. The summed E-state index contributed by atoms with van der Waals surface area (Å²) in [7, 11) is 1.26. The maximum absolute atomic E-state index is 13.3. The number of amides is 1. The van der Waals surface area contributed by atoms with Crippen LogP contribution >= 0.6 is 23.5 Å². The molecule has 1 amide bonds. The molecule has 1 N–H and O–H groups in total. The number of rotatable bonds is 6. The first-order chi connectivity index (χ1) is 16.7. The van der Waals surface area contributed by atoms with Crippen LogP contribution in [0.3, 0.4) is 0 Å². The lowest BCUT2D eigenvalue weighted by Gasteiger charge is -2.15. The summed E-state index contributed by atoms with van der Waals surface area (Å²) in [4.78, 5) is 42.1. The third-order valence-electron chi connectivity index (χ3n) is 5.02. The van der Waals surface area contributed by atoms with E-state index in [0.717, 1.165) is 28.5 Å². The highest BCUT2D eigenvalue weighted by atomic mass is 32.2. The van der Waals surface area contributed by atoms with Crippen molar-refractivity contribution in [2.75, 3.05) is 23.9 Å². The standard InChI is InChI=1S/C23H18F3N3O4S2/c1-33-21(32)13-5-7-15(8-6-13)27-18(30)12-35-22-28-17-9-10-34-19(17)20(31)29(22)16-4-2-3-14(11-16)23(24,25)26/h2-8,11H,9-10,12H2,1H3,(H,27,30). The molecule has 12 heteroatoms. The number of nitrogens with zero attached hydrogens (tertiary/aromatic N) is 2. The van der Waals surface area contributed by atoms with Crippen LogP contribution in [0.15, 0.2) is 63.4 Å². The van der Waals surface area contributed by atoms with Crippen LogP contribution in [0.2, 0.25) is 0 Å². The van der Waals surface area contributed by atoms with Crippen LogP contribution in [0.1, 0.15) is 21.6 Å². The fraction of sp³-hybridized carbons (Fsp3) is 0.217. The van der Waals surface area contributed by atoms with Gasteiger partial charge in [0, 0.05) is 17.9 Å². The molecule has 0 spiro atoms. The summed E-state index contributed by atoms with van der Waals surface area (Å²) in [6, 6.07) is 10.5. The molecular weight excluding hydrogens is 503 g/mol. The van der Waals surface area contributed by atoms with Gasteiger partial charge in [-0.1, -0.05) is 17.8 Å². The average Bonchev–Trinajstić information content (AvgIpc) is 3.31. The number of anilines is 1. The quantitative estimate of drug-likeness (QED) is 0.292. The Morgan fingerprint density at radius 2 is 1.94 bits per heavy atom. The van der Waals surface area contributed by atoms with Crippen LogP contribution in [0, 0.1) is 0 Å². The highest BCUT2D eigenvalue weighted by Crippen LogP contribution is 2.33. The zero-order valence-electron chi connectivity index (χ0n) is 18.2. The summed E-state index contributed by atoms with van der Waals surface area (Å²) in [5.74, 6) is -0.417. The van der Waals surface area contributed by atoms with Gasteiger partial charge in [-0.05, 0) is 42.5 Å². The van der Waals surface area contributed by atoms with E-state index in [1.807, 2.05) is 0 Å². The molecule has 4 rings (SSSR count). The number of methoxy groups -OCH3 is 1. The molecule has 182 valence electrons. The Morgan fingerprint density at radius 1 is 1.20 bits per heavy atom. The van der Waals surface area contributed by atoms with E-state index in [1.54, 1.807) is 0 Å². The molecule has 0 unspecified atom stereocenters. The van der Waals surface area contributed by atoms with Crippen molar-refractivity contribution < 1.29 is 27.5 Å². The van der Waals surface area contributed by atoms with Gasteiger partial charge in [0.15, 0.2) is 5.16 Å². The first-order valence-electron chi connectivity index (χ1n) is 10.2. The van der Waals surface area contributed by atoms with E-state index in [-0.39, 0.29) is 16.6 Å². The number of carbonyl (C=O) groups is 2. The first kappa shape index (κ1) is 24.9. The molecule has 1 aliphatic heterocycles. The second-order valence-corrected chi connectivity index (χ2v) is 9.41. The maximum atomic E-state index is 13.3. The Kier molecular flexibility index (Phi) is 7.22. The van der Waals surface area contributed by atoms with Crippen LogP contribution in [-0.2, 0) is 22.1 Å². The van der Waals surface area contributed by atoms with Crippen molar-refractivity contribution in [3.8, 4) is 5.69 Å². The number of esters is 1. The minimum atomic E-state index is -4.57. The van der Waals surface area contributed by atoms with E-state index in [0.29, 0.717) is 34.0 Å². The Labute approximate surface area is 206 Å². The van der Waals surface area contributed by atoms with Crippen LogP contribution in [0.5, 0.6) is 0 Å². The molecule has 0 saturated heterocycles. The van der Waals surface area contributed by atoms with Crippen molar-refractivity contribution in [1.29, 1.82) is 0 Å². The van der Waals surface area contributed by atoms with E-state index in [2.05, 4.69) is 15.0 Å². The van der Waals surface area contributed by atoms with Crippen molar-refractivity contribution in [2.24, 2.45) is 0 Å². The van der Waals surface area contributed by atoms with Gasteiger partial charge in [-0.25, -0.2) is 9.78 Å². The fourth-order valence-electron chi connectivity index (χ4n) is 3.37. The van der Waals surface area contributed by atoms with E-state index in [1.165, 1.54) is 55.3 Å². The second kappa shape index (κ2) is 10.2. The second-order valence-electron chi connectivity index (χ2n) is 7.36. The summed E-state index contributed by atoms with van der Waals surface area (Å²) >= 11 is 2.26. The fourth-order valence-corrected chi connectivity index (χ4v) is 5.23. The minimum absolute atomic E-state index is 0.0222. The Morgan fingerprint density at radius 3 is 2.63 bits per heavy atom. The SMILES string of the molecule is COC(=O)c1ccc(NC(=O)CSc2nc3c(c(=O)n2-c2cccc(C(F)(F)F)c2)SCC3)cc1. The monoisotopic (exact) mass is 521 g/mol. The van der Waals surface area contributed by atoms with Gasteiger partial charge >= 0.3 is 12.1 Å². The first-order valence-corrected chi connectivity index (χ1v) is 12.2. The van der Waals surface area contributed by atoms with Crippen LogP contribution in [-0.4, -0.2) is 40.0 Å². The summed E-state index contributed by atoms with van der Waals surface area (Å²) < 4.78 is 45.5. The third kappa shape index (κ3) is 5.54. The lowest BCUT2D eigenvalue weighted by molar-refractivity contribution is -0.137. The highest BCUT2D eigenvalue weighted by Gasteiger charge is 2.31. The number of hydrogen-bond acceptors (Lipinski definition) is 7. The molecule has 1 aliphatic rings. The number of aromatic nitrogens is 2. The van der Waals surface area contributed by atoms with Crippen LogP contribution < -0.4 is 10.9 Å². The summed E-state index contributed by atoms with van der Waals surface area (Å²) in [5.41, 5.74) is 0.0118. The Balaban J connectivity index is 1.58. The van der Waals surface area contributed by atoms with Gasteiger partial charge in [-0.2, -0.15) is 13.2 Å². The number of benzene rings is 2. The van der Waals surface area contributed by atoms with Gasteiger partial charge in [0.05, 0.1) is 40.3 Å².